The van der Waals surface area contributed by atoms with E-state index in [0.717, 1.165) is 18.7 Å². The molecule has 2 heterocycles. The summed E-state index contributed by atoms with van der Waals surface area (Å²) in [7, 11) is 0. The van der Waals surface area contributed by atoms with Crippen molar-refractivity contribution in [2.45, 2.75) is 19.6 Å². The number of nitrogens with one attached hydrogen (secondary N) is 1. The summed E-state index contributed by atoms with van der Waals surface area (Å²) in [5.74, 6) is 0. The fourth-order valence-corrected chi connectivity index (χ4v) is 2.84. The topological polar surface area (TPSA) is 44.8 Å². The van der Waals surface area contributed by atoms with E-state index < -0.39 is 0 Å². The fourth-order valence-electron chi connectivity index (χ4n) is 2.84. The van der Waals surface area contributed by atoms with E-state index in [0.29, 0.717) is 26.2 Å². The highest BCUT2D eigenvalue weighted by Crippen LogP contribution is 2.18. The average molecular weight is 301 g/mol. The normalized spacial score (nSPS) is 21.2. The minimum absolute atomic E-state index is 0.0107. The molecule has 1 saturated heterocycles. The summed E-state index contributed by atoms with van der Waals surface area (Å²) in [5.41, 5.74) is 2.33. The number of hydrogen-bond acceptors (Lipinski definition) is 3. The molecule has 1 aromatic carbocycles. The van der Waals surface area contributed by atoms with E-state index in [2.05, 4.69) is 40.6 Å². The van der Waals surface area contributed by atoms with E-state index >= 15 is 0 Å². The zero-order valence-corrected chi connectivity index (χ0v) is 13.0. The van der Waals surface area contributed by atoms with Crippen LogP contribution in [0.15, 0.2) is 36.4 Å². The summed E-state index contributed by atoms with van der Waals surface area (Å²) in [6.07, 6.45) is 4.47. The summed E-state index contributed by atoms with van der Waals surface area (Å²) in [4.78, 5) is 16.3. The molecule has 2 amide bonds. The van der Waals surface area contributed by atoms with Gasteiger partial charge in [-0.25, -0.2) is 4.79 Å². The molecular formula is C17H23N3O2. The number of carbonyl (C=O) groups excluding carboxylic acids is 1. The van der Waals surface area contributed by atoms with Crippen molar-refractivity contribution >= 4 is 11.7 Å². The lowest BCUT2D eigenvalue weighted by Crippen LogP contribution is -2.48. The lowest BCUT2D eigenvalue weighted by Gasteiger charge is -2.31. The second-order valence-corrected chi connectivity index (χ2v) is 5.83. The van der Waals surface area contributed by atoms with Gasteiger partial charge < -0.3 is 19.9 Å². The van der Waals surface area contributed by atoms with Gasteiger partial charge in [-0.3, -0.25) is 0 Å². The SMILES string of the molecule is C[C@H]1CN(C(=O)NCc2cccc(N3CC=CC3)c2)CCO1. The van der Waals surface area contributed by atoms with Crippen LogP contribution in [-0.2, 0) is 11.3 Å². The summed E-state index contributed by atoms with van der Waals surface area (Å²) in [5, 5.41) is 3.00. The molecule has 5 nitrogen and oxygen atoms in total. The average Bonchev–Trinajstić information content (AvgIpc) is 3.07. The Morgan fingerprint density at radius 2 is 2.18 bits per heavy atom. The second kappa shape index (κ2) is 6.83. The number of hydrogen-bond donors (Lipinski definition) is 1. The van der Waals surface area contributed by atoms with E-state index in [-0.39, 0.29) is 12.1 Å². The minimum atomic E-state index is -0.0107. The number of nitrogens with zero attached hydrogens (tertiary/aromatic N) is 2. The van der Waals surface area contributed by atoms with Gasteiger partial charge in [-0.2, -0.15) is 0 Å². The van der Waals surface area contributed by atoms with Gasteiger partial charge in [-0.05, 0) is 24.6 Å². The van der Waals surface area contributed by atoms with Crippen LogP contribution in [0.4, 0.5) is 10.5 Å². The molecule has 0 unspecified atom stereocenters. The largest absolute Gasteiger partial charge is 0.375 e. The molecule has 0 radical (unpaired) electrons. The van der Waals surface area contributed by atoms with Crippen LogP contribution >= 0.6 is 0 Å². The highest BCUT2D eigenvalue weighted by atomic mass is 16.5. The maximum absolute atomic E-state index is 12.2. The molecule has 1 aromatic rings. The summed E-state index contributed by atoms with van der Waals surface area (Å²) >= 11 is 0. The van der Waals surface area contributed by atoms with Crippen LogP contribution in [0.25, 0.3) is 0 Å². The number of anilines is 1. The zero-order chi connectivity index (χ0) is 15.4. The molecule has 2 aliphatic heterocycles. The van der Waals surface area contributed by atoms with E-state index in [1.54, 1.807) is 0 Å². The van der Waals surface area contributed by atoms with Crippen molar-refractivity contribution in [2.24, 2.45) is 0 Å². The van der Waals surface area contributed by atoms with E-state index in [1.165, 1.54) is 5.69 Å². The van der Waals surface area contributed by atoms with Crippen LogP contribution in [0.3, 0.4) is 0 Å². The second-order valence-electron chi connectivity index (χ2n) is 5.83. The first-order chi connectivity index (χ1) is 10.7. The van der Waals surface area contributed by atoms with Crippen LogP contribution in [0, 0.1) is 0 Å². The molecule has 3 rings (SSSR count). The van der Waals surface area contributed by atoms with Crippen molar-refractivity contribution in [1.29, 1.82) is 0 Å². The number of ether oxygens (including phenoxy) is 1. The van der Waals surface area contributed by atoms with Gasteiger partial charge in [0.2, 0.25) is 0 Å². The van der Waals surface area contributed by atoms with Gasteiger partial charge in [0.1, 0.15) is 0 Å². The molecule has 5 heteroatoms. The Hall–Kier alpha value is -2.01. The Balaban J connectivity index is 1.54. The third kappa shape index (κ3) is 3.60. The molecule has 1 fully saturated rings. The summed E-state index contributed by atoms with van der Waals surface area (Å²) < 4.78 is 5.46. The van der Waals surface area contributed by atoms with Gasteiger partial charge in [0.25, 0.3) is 0 Å². The van der Waals surface area contributed by atoms with Crippen LogP contribution in [0.2, 0.25) is 0 Å². The molecule has 0 aliphatic carbocycles. The summed E-state index contributed by atoms with van der Waals surface area (Å²) in [6.45, 7) is 6.41. The van der Waals surface area contributed by atoms with Gasteiger partial charge >= 0.3 is 6.03 Å². The standard InChI is InChI=1S/C17H23N3O2/c1-14-13-20(9-10-22-14)17(21)18-12-15-5-4-6-16(11-15)19-7-2-3-8-19/h2-6,11,14H,7-10,12-13H2,1H3,(H,18,21)/t14-/m0/s1. The van der Waals surface area contributed by atoms with Gasteiger partial charge in [-0.15, -0.1) is 0 Å². The van der Waals surface area contributed by atoms with Crippen molar-refractivity contribution in [3.63, 3.8) is 0 Å². The third-order valence-electron chi connectivity index (χ3n) is 4.07. The molecule has 0 bridgehead atoms. The first kappa shape index (κ1) is 14.9. The molecule has 22 heavy (non-hydrogen) atoms. The van der Waals surface area contributed by atoms with E-state index in [1.807, 2.05) is 17.9 Å². The van der Waals surface area contributed by atoms with Gasteiger partial charge in [0, 0.05) is 38.4 Å². The highest BCUT2D eigenvalue weighted by Gasteiger charge is 2.20. The van der Waals surface area contributed by atoms with Gasteiger partial charge in [0.15, 0.2) is 0 Å². The van der Waals surface area contributed by atoms with Crippen LogP contribution < -0.4 is 10.2 Å². The molecule has 0 spiro atoms. The quantitative estimate of drug-likeness (QED) is 0.869. The summed E-state index contributed by atoms with van der Waals surface area (Å²) in [6, 6.07) is 8.35. The highest BCUT2D eigenvalue weighted by molar-refractivity contribution is 5.74. The number of morpholine rings is 1. The lowest BCUT2D eigenvalue weighted by molar-refractivity contribution is -0.00351. The maximum Gasteiger partial charge on any atom is 0.317 e. The first-order valence-electron chi connectivity index (χ1n) is 7.85. The Morgan fingerprint density at radius 1 is 1.36 bits per heavy atom. The Kier molecular flexibility index (Phi) is 4.63. The van der Waals surface area contributed by atoms with Gasteiger partial charge in [-0.1, -0.05) is 24.3 Å². The van der Waals surface area contributed by atoms with Crippen LogP contribution in [-0.4, -0.2) is 49.8 Å². The van der Waals surface area contributed by atoms with Crippen molar-refractivity contribution in [1.82, 2.24) is 10.2 Å². The molecule has 118 valence electrons. The third-order valence-corrected chi connectivity index (χ3v) is 4.07. The Morgan fingerprint density at radius 3 is 2.95 bits per heavy atom. The molecule has 0 aromatic heterocycles. The van der Waals surface area contributed by atoms with E-state index in [4.69, 9.17) is 4.74 Å². The maximum atomic E-state index is 12.2. The van der Waals surface area contributed by atoms with Crippen molar-refractivity contribution in [3.05, 3.63) is 42.0 Å². The van der Waals surface area contributed by atoms with Crippen LogP contribution in [0.1, 0.15) is 12.5 Å². The minimum Gasteiger partial charge on any atom is -0.375 e. The Labute approximate surface area is 131 Å². The predicted molar refractivity (Wildman–Crippen MR) is 87.0 cm³/mol. The predicted octanol–water partition coefficient (Wildman–Crippen LogP) is 1.99. The number of urea groups is 1. The number of rotatable bonds is 3. The molecule has 1 N–H and O–H groups in total. The smallest absolute Gasteiger partial charge is 0.317 e. The molecule has 1 atom stereocenters. The fraction of sp³-hybridized carbons (Fsp3) is 0.471. The van der Waals surface area contributed by atoms with Crippen LogP contribution in [0.5, 0.6) is 0 Å². The molecule has 0 saturated carbocycles. The molecular weight excluding hydrogens is 278 g/mol. The lowest BCUT2D eigenvalue weighted by atomic mass is 10.2. The van der Waals surface area contributed by atoms with Gasteiger partial charge in [0.05, 0.1) is 12.7 Å². The van der Waals surface area contributed by atoms with Crippen molar-refractivity contribution < 1.29 is 9.53 Å². The monoisotopic (exact) mass is 301 g/mol. The molecule has 2 aliphatic rings. The Bertz CT molecular complexity index is 551. The zero-order valence-electron chi connectivity index (χ0n) is 13.0. The van der Waals surface area contributed by atoms with Crippen molar-refractivity contribution in [2.75, 3.05) is 37.7 Å². The number of carbonyl (C=O) groups is 1. The van der Waals surface area contributed by atoms with E-state index in [9.17, 15) is 4.79 Å². The first-order valence-corrected chi connectivity index (χ1v) is 7.85. The number of benzene rings is 1. The number of amides is 2. The van der Waals surface area contributed by atoms with Crippen molar-refractivity contribution in [3.8, 4) is 0 Å².